The number of ether oxygens (including phenoxy) is 1. The van der Waals surface area contributed by atoms with Gasteiger partial charge in [-0.1, -0.05) is 30.7 Å². The molecular weight excluding hydrogens is 310 g/mol. The van der Waals surface area contributed by atoms with Crippen molar-refractivity contribution in [3.05, 3.63) is 47.3 Å². The predicted octanol–water partition coefficient (Wildman–Crippen LogP) is 4.11. The second kappa shape index (κ2) is 7.22. The molecule has 0 unspecified atom stereocenters. The van der Waals surface area contributed by atoms with Crippen LogP contribution in [0.1, 0.15) is 55.1 Å². The molecule has 4 rings (SSSR count). The Labute approximate surface area is 150 Å². The average Bonchev–Trinajstić information content (AvgIpc) is 2.60. The summed E-state index contributed by atoms with van der Waals surface area (Å²) in [6.45, 7) is 8.04. The zero-order valence-electron chi connectivity index (χ0n) is 15.2. The van der Waals surface area contributed by atoms with E-state index < -0.39 is 0 Å². The third kappa shape index (κ3) is 3.60. The summed E-state index contributed by atoms with van der Waals surface area (Å²) in [6.07, 6.45) is 3.87. The first-order valence-electron chi connectivity index (χ1n) is 9.48. The minimum absolute atomic E-state index is 0.418. The highest BCUT2D eigenvalue weighted by Crippen LogP contribution is 2.36. The van der Waals surface area contributed by atoms with E-state index in [-0.39, 0.29) is 0 Å². The van der Waals surface area contributed by atoms with Gasteiger partial charge in [0, 0.05) is 42.0 Å². The van der Waals surface area contributed by atoms with Crippen LogP contribution in [-0.4, -0.2) is 41.2 Å². The van der Waals surface area contributed by atoms with Crippen molar-refractivity contribution in [3.63, 3.8) is 0 Å². The standard InChI is InChI=1S/C21H27N3O/c1-15-14-20(18-4-3-5-18)23-21(22-15)19-8-6-17(7-9-19)16(2)24-10-12-25-13-11-24/h6-9,14,16,18H,3-5,10-13H2,1-2H3/t16-/m0/s1. The minimum atomic E-state index is 0.418. The van der Waals surface area contributed by atoms with Gasteiger partial charge in [0.05, 0.1) is 13.2 Å². The summed E-state index contributed by atoms with van der Waals surface area (Å²) in [4.78, 5) is 12.0. The summed E-state index contributed by atoms with van der Waals surface area (Å²) in [5.41, 5.74) is 4.75. The molecule has 2 heterocycles. The smallest absolute Gasteiger partial charge is 0.159 e. The predicted molar refractivity (Wildman–Crippen MR) is 99.6 cm³/mol. The van der Waals surface area contributed by atoms with Gasteiger partial charge in [0.15, 0.2) is 5.82 Å². The van der Waals surface area contributed by atoms with Crippen LogP contribution >= 0.6 is 0 Å². The molecule has 1 aromatic carbocycles. The lowest BCUT2D eigenvalue weighted by molar-refractivity contribution is 0.0198. The first-order chi connectivity index (χ1) is 12.2. The van der Waals surface area contributed by atoms with E-state index >= 15 is 0 Å². The Bertz CT molecular complexity index is 718. The van der Waals surface area contributed by atoms with Gasteiger partial charge in [-0.15, -0.1) is 0 Å². The Balaban J connectivity index is 1.54. The van der Waals surface area contributed by atoms with Crippen molar-refractivity contribution < 1.29 is 4.74 Å². The van der Waals surface area contributed by atoms with Gasteiger partial charge in [0.1, 0.15) is 0 Å². The van der Waals surface area contributed by atoms with Crippen molar-refractivity contribution in [2.45, 2.75) is 45.1 Å². The molecule has 4 nitrogen and oxygen atoms in total. The van der Waals surface area contributed by atoms with Crippen LogP contribution in [0.25, 0.3) is 11.4 Å². The van der Waals surface area contributed by atoms with E-state index in [9.17, 15) is 0 Å². The Kier molecular flexibility index (Phi) is 4.82. The molecule has 2 fully saturated rings. The molecule has 4 heteroatoms. The molecule has 25 heavy (non-hydrogen) atoms. The zero-order chi connectivity index (χ0) is 17.2. The summed E-state index contributed by atoms with van der Waals surface area (Å²) in [7, 11) is 0. The van der Waals surface area contributed by atoms with Crippen LogP contribution in [0.5, 0.6) is 0 Å². The monoisotopic (exact) mass is 337 g/mol. The summed E-state index contributed by atoms with van der Waals surface area (Å²) in [6, 6.07) is 11.4. The average molecular weight is 337 g/mol. The van der Waals surface area contributed by atoms with E-state index in [1.807, 2.05) is 0 Å². The molecular formula is C21H27N3O. The molecule has 1 aliphatic carbocycles. The number of benzene rings is 1. The molecule has 0 N–H and O–H groups in total. The van der Waals surface area contributed by atoms with Gasteiger partial charge < -0.3 is 4.74 Å². The molecule has 1 saturated heterocycles. The topological polar surface area (TPSA) is 38.2 Å². The Morgan fingerprint density at radius 2 is 1.80 bits per heavy atom. The number of aryl methyl sites for hydroxylation is 1. The van der Waals surface area contributed by atoms with Crippen LogP contribution in [0, 0.1) is 6.92 Å². The molecule has 2 aromatic rings. The van der Waals surface area contributed by atoms with Gasteiger partial charge in [-0.2, -0.15) is 0 Å². The van der Waals surface area contributed by atoms with Gasteiger partial charge in [-0.25, -0.2) is 9.97 Å². The van der Waals surface area contributed by atoms with Crippen LogP contribution in [0.4, 0.5) is 0 Å². The lowest BCUT2D eigenvalue weighted by atomic mass is 9.82. The molecule has 0 bridgehead atoms. The van der Waals surface area contributed by atoms with Crippen molar-refractivity contribution in [2.75, 3.05) is 26.3 Å². The molecule has 132 valence electrons. The van der Waals surface area contributed by atoms with Crippen LogP contribution in [0.3, 0.4) is 0 Å². The minimum Gasteiger partial charge on any atom is -0.379 e. The van der Waals surface area contributed by atoms with E-state index in [0.717, 1.165) is 43.4 Å². The molecule has 1 aromatic heterocycles. The van der Waals surface area contributed by atoms with E-state index in [1.54, 1.807) is 0 Å². The third-order valence-electron chi connectivity index (χ3n) is 5.64. The van der Waals surface area contributed by atoms with Gasteiger partial charge >= 0.3 is 0 Å². The summed E-state index contributed by atoms with van der Waals surface area (Å²) in [5, 5.41) is 0. The molecule has 1 atom stereocenters. The van der Waals surface area contributed by atoms with Gasteiger partial charge in [-0.3, -0.25) is 4.90 Å². The molecule has 2 aliphatic rings. The molecule has 1 saturated carbocycles. The molecule has 0 amide bonds. The fourth-order valence-corrected chi connectivity index (χ4v) is 3.72. The highest BCUT2D eigenvalue weighted by Gasteiger charge is 2.22. The number of morpholine rings is 1. The normalized spacial score (nSPS) is 20.2. The van der Waals surface area contributed by atoms with Crippen LogP contribution in [0.15, 0.2) is 30.3 Å². The summed E-state index contributed by atoms with van der Waals surface area (Å²) in [5.74, 6) is 1.51. The SMILES string of the molecule is Cc1cc(C2CCC2)nc(-c2ccc([C@H](C)N3CCOCC3)cc2)n1. The first-order valence-corrected chi connectivity index (χ1v) is 9.48. The summed E-state index contributed by atoms with van der Waals surface area (Å²) >= 11 is 0. The highest BCUT2D eigenvalue weighted by atomic mass is 16.5. The van der Waals surface area contributed by atoms with Gasteiger partial charge in [0.2, 0.25) is 0 Å². The van der Waals surface area contributed by atoms with Gasteiger partial charge in [-0.05, 0) is 38.3 Å². The van der Waals surface area contributed by atoms with Crippen LogP contribution < -0.4 is 0 Å². The molecule has 1 aliphatic heterocycles. The fourth-order valence-electron chi connectivity index (χ4n) is 3.72. The van der Waals surface area contributed by atoms with Crippen molar-refractivity contribution in [1.29, 1.82) is 0 Å². The molecule has 0 radical (unpaired) electrons. The third-order valence-corrected chi connectivity index (χ3v) is 5.64. The highest BCUT2D eigenvalue weighted by molar-refractivity contribution is 5.56. The number of hydrogen-bond acceptors (Lipinski definition) is 4. The lowest BCUT2D eigenvalue weighted by Gasteiger charge is -2.32. The first kappa shape index (κ1) is 16.7. The zero-order valence-corrected chi connectivity index (χ0v) is 15.2. The second-order valence-electron chi connectivity index (χ2n) is 7.33. The number of aromatic nitrogens is 2. The Hall–Kier alpha value is -1.78. The maximum Gasteiger partial charge on any atom is 0.159 e. The van der Waals surface area contributed by atoms with Crippen molar-refractivity contribution in [3.8, 4) is 11.4 Å². The van der Waals surface area contributed by atoms with Gasteiger partial charge in [0.25, 0.3) is 0 Å². The maximum absolute atomic E-state index is 5.46. The Morgan fingerprint density at radius 3 is 2.44 bits per heavy atom. The van der Waals surface area contributed by atoms with Crippen molar-refractivity contribution in [1.82, 2.24) is 14.9 Å². The van der Waals surface area contributed by atoms with E-state index in [4.69, 9.17) is 9.72 Å². The molecule has 0 spiro atoms. The van der Waals surface area contributed by atoms with Crippen LogP contribution in [-0.2, 0) is 4.74 Å². The lowest BCUT2D eigenvalue weighted by Crippen LogP contribution is -2.37. The number of hydrogen-bond donors (Lipinski definition) is 0. The summed E-state index contributed by atoms with van der Waals surface area (Å²) < 4.78 is 5.46. The van der Waals surface area contributed by atoms with E-state index in [0.29, 0.717) is 12.0 Å². The van der Waals surface area contributed by atoms with Crippen LogP contribution in [0.2, 0.25) is 0 Å². The second-order valence-corrected chi connectivity index (χ2v) is 7.33. The van der Waals surface area contributed by atoms with E-state index in [1.165, 1.54) is 30.5 Å². The maximum atomic E-state index is 5.46. The van der Waals surface area contributed by atoms with Crippen molar-refractivity contribution >= 4 is 0 Å². The largest absolute Gasteiger partial charge is 0.379 e. The number of rotatable bonds is 4. The quantitative estimate of drug-likeness (QED) is 0.841. The van der Waals surface area contributed by atoms with E-state index in [2.05, 4.69) is 54.1 Å². The van der Waals surface area contributed by atoms with Crippen molar-refractivity contribution in [2.24, 2.45) is 0 Å². The fraction of sp³-hybridized carbons (Fsp3) is 0.524. The number of nitrogens with zero attached hydrogens (tertiary/aromatic N) is 3. The Morgan fingerprint density at radius 1 is 1.08 bits per heavy atom.